The molecule has 1 fully saturated rings. The zero-order valence-electron chi connectivity index (χ0n) is 17.1. The zero-order valence-corrected chi connectivity index (χ0v) is 17.9. The largest absolute Gasteiger partial charge is 0.354 e. The maximum Gasteiger partial charge on any atom is 0.264 e. The summed E-state index contributed by atoms with van der Waals surface area (Å²) in [5.41, 5.74) is 6.72. The number of aromatic amines is 1. The van der Waals surface area contributed by atoms with Crippen molar-refractivity contribution in [2.24, 2.45) is 0 Å². The van der Waals surface area contributed by atoms with E-state index in [1.165, 1.54) is 15.8 Å². The molecule has 0 spiro atoms. The summed E-state index contributed by atoms with van der Waals surface area (Å²) in [6, 6.07) is 6.30. The van der Waals surface area contributed by atoms with Gasteiger partial charge in [-0.15, -0.1) is 11.3 Å². The lowest BCUT2D eigenvalue weighted by atomic mass is 9.99. The van der Waals surface area contributed by atoms with Gasteiger partial charge in [0.1, 0.15) is 0 Å². The van der Waals surface area contributed by atoms with E-state index in [1.54, 1.807) is 11.3 Å². The summed E-state index contributed by atoms with van der Waals surface area (Å²) < 4.78 is 1.20. The molecule has 4 heterocycles. The molecule has 0 bridgehead atoms. The summed E-state index contributed by atoms with van der Waals surface area (Å²) in [6.07, 6.45) is 1.01. The van der Waals surface area contributed by atoms with Crippen molar-refractivity contribution >= 4 is 27.5 Å². The monoisotopic (exact) mass is 396 g/mol. The molecule has 6 heteroatoms. The average molecular weight is 397 g/mol. The first kappa shape index (κ1) is 19.2. The normalized spacial score (nSPS) is 15.4. The molecule has 0 atom stereocenters. The molecule has 28 heavy (non-hydrogen) atoms. The van der Waals surface area contributed by atoms with E-state index in [0.717, 1.165) is 60.1 Å². The molecule has 5 nitrogen and oxygen atoms in total. The highest BCUT2D eigenvalue weighted by molar-refractivity contribution is 7.21. The highest BCUT2D eigenvalue weighted by atomic mass is 32.1. The number of rotatable bonds is 3. The van der Waals surface area contributed by atoms with Gasteiger partial charge in [-0.1, -0.05) is 13.8 Å². The Hall–Kier alpha value is -2.18. The number of carbonyl (C=O) groups excluding carboxylic acids is 1. The maximum absolute atomic E-state index is 13.0. The van der Waals surface area contributed by atoms with Gasteiger partial charge in [0.2, 0.25) is 0 Å². The fraction of sp³-hybridized carbons (Fsp3) is 0.455. The molecule has 1 aliphatic rings. The Morgan fingerprint density at radius 3 is 2.61 bits per heavy atom. The van der Waals surface area contributed by atoms with Gasteiger partial charge in [-0.25, -0.2) is 0 Å². The van der Waals surface area contributed by atoms with Crippen LogP contribution in [0.3, 0.4) is 0 Å². The Morgan fingerprint density at radius 2 is 1.89 bits per heavy atom. The van der Waals surface area contributed by atoms with E-state index in [-0.39, 0.29) is 5.91 Å². The van der Waals surface area contributed by atoms with Crippen molar-refractivity contribution in [3.05, 3.63) is 40.0 Å². The van der Waals surface area contributed by atoms with Crippen LogP contribution in [0.2, 0.25) is 0 Å². The first-order valence-corrected chi connectivity index (χ1v) is 10.9. The van der Waals surface area contributed by atoms with Gasteiger partial charge in [0.15, 0.2) is 0 Å². The molecule has 1 amide bonds. The Labute approximate surface area is 170 Å². The number of H-pyrrole nitrogens is 1. The number of hydrogen-bond donors (Lipinski definition) is 2. The van der Waals surface area contributed by atoms with Crippen molar-refractivity contribution in [3.8, 4) is 11.3 Å². The van der Waals surface area contributed by atoms with E-state index < -0.39 is 0 Å². The van der Waals surface area contributed by atoms with E-state index in [4.69, 9.17) is 0 Å². The number of carbonyl (C=O) groups is 1. The lowest BCUT2D eigenvalue weighted by Gasteiger charge is -2.18. The lowest BCUT2D eigenvalue weighted by molar-refractivity contribution is 0.0771. The van der Waals surface area contributed by atoms with E-state index in [1.807, 2.05) is 24.8 Å². The Morgan fingerprint density at radius 1 is 1.14 bits per heavy atom. The first-order chi connectivity index (χ1) is 13.4. The minimum absolute atomic E-state index is 0.158. The van der Waals surface area contributed by atoms with Gasteiger partial charge < -0.3 is 15.2 Å². The summed E-state index contributed by atoms with van der Waals surface area (Å²) in [4.78, 5) is 24.0. The van der Waals surface area contributed by atoms with Gasteiger partial charge in [-0.2, -0.15) is 0 Å². The minimum atomic E-state index is 0.158. The van der Waals surface area contributed by atoms with Crippen molar-refractivity contribution in [1.29, 1.82) is 0 Å². The SMILES string of the molecule is Cc1cc(-c2[nH]c3cc(C(=O)N4CCCNCC4)sc3c2C(C)C)cc(C)n1. The number of nitrogens with zero attached hydrogens (tertiary/aromatic N) is 2. The molecule has 0 aromatic carbocycles. The van der Waals surface area contributed by atoms with E-state index in [0.29, 0.717) is 5.92 Å². The van der Waals surface area contributed by atoms with E-state index in [9.17, 15) is 4.79 Å². The van der Waals surface area contributed by atoms with Crippen LogP contribution in [0.15, 0.2) is 18.2 Å². The quantitative estimate of drug-likeness (QED) is 0.687. The van der Waals surface area contributed by atoms with Gasteiger partial charge in [0, 0.05) is 36.6 Å². The molecule has 148 valence electrons. The van der Waals surface area contributed by atoms with Gasteiger partial charge in [0.05, 0.1) is 20.8 Å². The lowest BCUT2D eigenvalue weighted by Crippen LogP contribution is -2.33. The molecule has 4 rings (SSSR count). The summed E-state index contributed by atoms with van der Waals surface area (Å²) in [6.45, 7) is 12.0. The van der Waals surface area contributed by atoms with Crippen molar-refractivity contribution in [1.82, 2.24) is 20.2 Å². The average Bonchev–Trinajstić information content (AvgIpc) is 3.06. The standard InChI is InChI=1S/C22H28N4OS/c1-13(2)19-20(16-10-14(3)24-15(4)11-16)25-17-12-18(28-21(17)19)22(27)26-8-5-6-23-7-9-26/h10-13,23,25H,5-9H2,1-4H3. The third kappa shape index (κ3) is 3.59. The smallest absolute Gasteiger partial charge is 0.264 e. The second-order valence-electron chi connectivity index (χ2n) is 7.96. The molecular formula is C22H28N4OS. The van der Waals surface area contributed by atoms with Crippen molar-refractivity contribution in [3.63, 3.8) is 0 Å². The van der Waals surface area contributed by atoms with Crippen molar-refractivity contribution in [2.75, 3.05) is 26.2 Å². The minimum Gasteiger partial charge on any atom is -0.354 e. The Kier molecular flexibility index (Phi) is 5.25. The second kappa shape index (κ2) is 7.68. The van der Waals surface area contributed by atoms with Gasteiger partial charge >= 0.3 is 0 Å². The van der Waals surface area contributed by atoms with Crippen LogP contribution in [-0.4, -0.2) is 47.0 Å². The van der Waals surface area contributed by atoms with Crippen molar-refractivity contribution in [2.45, 2.75) is 40.0 Å². The number of pyridine rings is 1. The fourth-order valence-corrected chi connectivity index (χ4v) is 5.35. The van der Waals surface area contributed by atoms with Gasteiger partial charge in [0.25, 0.3) is 5.91 Å². The van der Waals surface area contributed by atoms with E-state index >= 15 is 0 Å². The van der Waals surface area contributed by atoms with Crippen LogP contribution in [0.5, 0.6) is 0 Å². The number of amides is 1. The second-order valence-corrected chi connectivity index (χ2v) is 9.01. The fourth-order valence-electron chi connectivity index (χ4n) is 4.07. The Bertz CT molecular complexity index is 989. The van der Waals surface area contributed by atoms with Crippen LogP contribution < -0.4 is 5.32 Å². The van der Waals surface area contributed by atoms with Gasteiger partial charge in [-0.05, 0) is 56.5 Å². The number of nitrogens with one attached hydrogen (secondary N) is 2. The molecule has 0 unspecified atom stereocenters. The predicted octanol–water partition coefficient (Wildman–Crippen LogP) is 4.47. The summed E-state index contributed by atoms with van der Waals surface area (Å²) in [5.74, 6) is 0.520. The summed E-state index contributed by atoms with van der Waals surface area (Å²) in [7, 11) is 0. The number of hydrogen-bond acceptors (Lipinski definition) is 4. The van der Waals surface area contributed by atoms with Gasteiger partial charge in [-0.3, -0.25) is 9.78 Å². The van der Waals surface area contributed by atoms with Crippen LogP contribution in [0.25, 0.3) is 21.5 Å². The molecule has 1 aliphatic heterocycles. The third-order valence-corrected chi connectivity index (χ3v) is 6.45. The molecule has 1 saturated heterocycles. The summed E-state index contributed by atoms with van der Waals surface area (Å²) in [5, 5.41) is 3.36. The molecule has 2 N–H and O–H groups in total. The number of fused-ring (bicyclic) bond motifs is 1. The highest BCUT2D eigenvalue weighted by Gasteiger charge is 2.24. The zero-order chi connectivity index (χ0) is 19.8. The molecule has 3 aromatic rings. The van der Waals surface area contributed by atoms with Crippen LogP contribution >= 0.6 is 11.3 Å². The summed E-state index contributed by atoms with van der Waals surface area (Å²) >= 11 is 1.63. The highest BCUT2D eigenvalue weighted by Crippen LogP contribution is 2.40. The van der Waals surface area contributed by atoms with Crippen LogP contribution in [-0.2, 0) is 0 Å². The van der Waals surface area contributed by atoms with Crippen LogP contribution in [0, 0.1) is 13.8 Å². The third-order valence-electron chi connectivity index (χ3n) is 5.29. The number of thiophene rings is 1. The van der Waals surface area contributed by atoms with E-state index in [2.05, 4.69) is 41.3 Å². The molecular weight excluding hydrogens is 368 g/mol. The number of aryl methyl sites for hydroxylation is 2. The molecule has 0 saturated carbocycles. The van der Waals surface area contributed by atoms with Crippen molar-refractivity contribution < 1.29 is 4.79 Å². The maximum atomic E-state index is 13.0. The number of aromatic nitrogens is 2. The van der Waals surface area contributed by atoms with Crippen LogP contribution in [0.1, 0.15) is 52.8 Å². The Balaban J connectivity index is 1.75. The topological polar surface area (TPSA) is 61.0 Å². The molecule has 3 aromatic heterocycles. The first-order valence-electron chi connectivity index (χ1n) is 10.0. The van der Waals surface area contributed by atoms with Crippen LogP contribution in [0.4, 0.5) is 0 Å². The molecule has 0 radical (unpaired) electrons. The molecule has 0 aliphatic carbocycles. The predicted molar refractivity (Wildman–Crippen MR) is 116 cm³/mol.